The molecule has 0 aliphatic carbocycles. The number of hydrogen-bond acceptors (Lipinski definition) is 5. The van der Waals surface area contributed by atoms with E-state index in [1.807, 2.05) is 25.1 Å². The molecule has 3 amide bonds. The average Bonchev–Trinajstić information content (AvgIpc) is 3.15. The largest absolute Gasteiger partial charge is 0.368 e. The lowest BCUT2D eigenvalue weighted by atomic mass is 10.1. The van der Waals surface area contributed by atoms with Crippen molar-refractivity contribution in [1.82, 2.24) is 15.2 Å². The number of piperazine rings is 1. The fourth-order valence-electron chi connectivity index (χ4n) is 4.55. The van der Waals surface area contributed by atoms with Gasteiger partial charge >= 0.3 is 6.03 Å². The van der Waals surface area contributed by atoms with Gasteiger partial charge in [0, 0.05) is 49.5 Å². The smallest absolute Gasteiger partial charge is 0.329 e. The Hall–Kier alpha value is -2.87. The van der Waals surface area contributed by atoms with E-state index >= 15 is 0 Å². The number of hydrogen-bond donors (Lipinski definition) is 1. The summed E-state index contributed by atoms with van der Waals surface area (Å²) in [6.07, 6.45) is 0.884. The highest BCUT2D eigenvalue weighted by molar-refractivity contribution is 6.19. The van der Waals surface area contributed by atoms with Gasteiger partial charge in [-0.2, -0.15) is 0 Å². The molecule has 0 radical (unpaired) electrons. The minimum atomic E-state index is -0.345. The second-order valence-corrected chi connectivity index (χ2v) is 8.43. The molecule has 0 saturated carbocycles. The minimum Gasteiger partial charge on any atom is -0.368 e. The van der Waals surface area contributed by atoms with Gasteiger partial charge in [-0.1, -0.05) is 18.2 Å². The summed E-state index contributed by atoms with van der Waals surface area (Å²) in [5, 5.41) is 3.78. The number of anilines is 2. The summed E-state index contributed by atoms with van der Waals surface area (Å²) >= 11 is 0. The molecule has 180 valence electrons. The van der Waals surface area contributed by atoms with Crippen molar-refractivity contribution in [2.45, 2.75) is 13.3 Å². The van der Waals surface area contributed by atoms with Gasteiger partial charge in [-0.05, 0) is 55.3 Å². The zero-order valence-electron chi connectivity index (χ0n) is 19.1. The molecule has 2 saturated heterocycles. The fourth-order valence-corrected chi connectivity index (χ4v) is 4.55. The minimum absolute atomic E-state index is 0. The molecule has 9 heteroatoms. The van der Waals surface area contributed by atoms with E-state index in [4.69, 9.17) is 0 Å². The summed E-state index contributed by atoms with van der Waals surface area (Å²) < 4.78 is 0. The highest BCUT2D eigenvalue weighted by Crippen LogP contribution is 2.27. The number of imide groups is 1. The summed E-state index contributed by atoms with van der Waals surface area (Å²) in [5.41, 5.74) is 5.13. The van der Waals surface area contributed by atoms with Crippen LogP contribution in [0.15, 0.2) is 54.6 Å². The molecule has 1 aromatic heterocycles. The first-order valence-corrected chi connectivity index (χ1v) is 11.1. The van der Waals surface area contributed by atoms with E-state index in [1.165, 1.54) is 16.0 Å². The number of aryl methyl sites for hydroxylation is 1. The van der Waals surface area contributed by atoms with E-state index in [1.54, 1.807) is 0 Å². The van der Waals surface area contributed by atoms with Gasteiger partial charge in [0.15, 0.2) is 0 Å². The van der Waals surface area contributed by atoms with Gasteiger partial charge in [-0.15, -0.1) is 24.8 Å². The first-order valence-electron chi connectivity index (χ1n) is 11.1. The molecule has 2 aliphatic heterocycles. The predicted octanol–water partition coefficient (Wildman–Crippen LogP) is 3.81. The monoisotopic (exact) mass is 501 g/mol. The molecule has 0 unspecified atom stereocenters. The number of nitrogens with one attached hydrogen (secondary N) is 1. The molecule has 1 N–H and O–H groups in total. The zero-order chi connectivity index (χ0) is 22.1. The summed E-state index contributed by atoms with van der Waals surface area (Å²) in [5.74, 6) is -0.206. The molecule has 7 nitrogen and oxygen atoms in total. The summed E-state index contributed by atoms with van der Waals surface area (Å²) in [7, 11) is 0. The molecule has 2 aliphatic rings. The van der Waals surface area contributed by atoms with Crippen LogP contribution in [0, 0.1) is 6.92 Å². The first kappa shape index (κ1) is 25.7. The normalized spacial score (nSPS) is 16.3. The summed E-state index contributed by atoms with van der Waals surface area (Å²) in [6, 6.07) is 18.0. The molecule has 2 aromatic carbocycles. The Morgan fingerprint density at radius 3 is 2.44 bits per heavy atom. The molecule has 3 aromatic rings. The van der Waals surface area contributed by atoms with Crippen LogP contribution in [-0.4, -0.2) is 61.1 Å². The number of halogens is 2. The number of amides is 3. The first-order chi connectivity index (χ1) is 15.6. The van der Waals surface area contributed by atoms with Crippen LogP contribution in [0.2, 0.25) is 0 Å². The van der Waals surface area contributed by atoms with Crippen molar-refractivity contribution < 1.29 is 9.59 Å². The van der Waals surface area contributed by atoms with Crippen molar-refractivity contribution in [2.24, 2.45) is 0 Å². The van der Waals surface area contributed by atoms with Crippen molar-refractivity contribution in [1.29, 1.82) is 0 Å². The average molecular weight is 502 g/mol. The number of fused-ring (bicyclic) bond motifs is 1. The van der Waals surface area contributed by atoms with Crippen molar-refractivity contribution >= 4 is 59.0 Å². The maximum atomic E-state index is 12.0. The molecule has 0 spiro atoms. The van der Waals surface area contributed by atoms with Crippen LogP contribution in [-0.2, 0) is 11.2 Å². The molecule has 3 heterocycles. The van der Waals surface area contributed by atoms with Crippen LogP contribution >= 0.6 is 24.8 Å². The van der Waals surface area contributed by atoms with Crippen molar-refractivity contribution in [2.75, 3.05) is 49.1 Å². The molecule has 0 atom stereocenters. The highest BCUT2D eigenvalue weighted by Gasteiger charge is 2.30. The van der Waals surface area contributed by atoms with Gasteiger partial charge < -0.3 is 10.2 Å². The second kappa shape index (κ2) is 11.0. The SMILES string of the molecule is Cc1ccc2c(N3CCN(CCc4cccc(N5C(=O)CNC5=O)c4)CC3)cccc2n1.Cl.Cl. The van der Waals surface area contributed by atoms with E-state index in [0.29, 0.717) is 5.69 Å². The number of pyridine rings is 1. The van der Waals surface area contributed by atoms with Crippen LogP contribution in [0.3, 0.4) is 0 Å². The topological polar surface area (TPSA) is 68.8 Å². The Morgan fingerprint density at radius 2 is 1.71 bits per heavy atom. The third-order valence-corrected chi connectivity index (χ3v) is 6.29. The Bertz CT molecular complexity index is 1160. The van der Waals surface area contributed by atoms with Crippen LogP contribution in [0.1, 0.15) is 11.3 Å². The van der Waals surface area contributed by atoms with Crippen molar-refractivity contribution in [3.63, 3.8) is 0 Å². The van der Waals surface area contributed by atoms with Gasteiger partial charge in [0.25, 0.3) is 5.91 Å². The highest BCUT2D eigenvalue weighted by atomic mass is 35.5. The molecular formula is C25H29Cl2N5O2. The van der Waals surface area contributed by atoms with Gasteiger partial charge in [0.1, 0.15) is 0 Å². The lowest BCUT2D eigenvalue weighted by Gasteiger charge is -2.36. The standard InChI is InChI=1S/C25H27N5O2.2ClH/c1-18-8-9-21-22(27-18)6-3-7-23(21)29-14-12-28(13-15-29)11-10-19-4-2-5-20(16-19)30-24(31)17-26-25(30)32;;/h2-9,16H,10-15,17H2,1H3,(H,26,32);2*1H. The van der Waals surface area contributed by atoms with Crippen LogP contribution in [0.4, 0.5) is 16.2 Å². The lowest BCUT2D eigenvalue weighted by molar-refractivity contribution is -0.115. The zero-order valence-corrected chi connectivity index (χ0v) is 20.7. The number of rotatable bonds is 5. The van der Waals surface area contributed by atoms with E-state index in [0.717, 1.165) is 55.9 Å². The van der Waals surface area contributed by atoms with Gasteiger partial charge in [0.2, 0.25) is 0 Å². The maximum absolute atomic E-state index is 12.0. The van der Waals surface area contributed by atoms with Crippen LogP contribution < -0.4 is 15.1 Å². The Labute approximate surface area is 211 Å². The van der Waals surface area contributed by atoms with Crippen LogP contribution in [0.25, 0.3) is 10.9 Å². The molecule has 2 fully saturated rings. The number of urea groups is 1. The number of carbonyl (C=O) groups is 2. The predicted molar refractivity (Wildman–Crippen MR) is 141 cm³/mol. The summed E-state index contributed by atoms with van der Waals surface area (Å²) in [6.45, 7) is 7.02. The van der Waals surface area contributed by atoms with Gasteiger partial charge in [0.05, 0.1) is 17.7 Å². The number of carbonyl (C=O) groups excluding carboxylic acids is 2. The van der Waals surface area contributed by atoms with E-state index in [9.17, 15) is 9.59 Å². The third-order valence-electron chi connectivity index (χ3n) is 6.29. The second-order valence-electron chi connectivity index (χ2n) is 8.43. The van der Waals surface area contributed by atoms with Crippen molar-refractivity contribution in [3.05, 3.63) is 65.9 Å². The van der Waals surface area contributed by atoms with Crippen molar-refractivity contribution in [3.8, 4) is 0 Å². The number of aromatic nitrogens is 1. The van der Waals surface area contributed by atoms with E-state index in [-0.39, 0.29) is 43.3 Å². The quantitative estimate of drug-likeness (QED) is 0.538. The molecule has 0 bridgehead atoms. The fraction of sp³-hybridized carbons (Fsp3) is 0.320. The molecular weight excluding hydrogens is 473 g/mol. The van der Waals surface area contributed by atoms with Gasteiger partial charge in [-0.25, -0.2) is 9.69 Å². The summed E-state index contributed by atoms with van der Waals surface area (Å²) in [4.78, 5) is 34.7. The van der Waals surface area contributed by atoms with E-state index < -0.39 is 0 Å². The Kier molecular flexibility index (Phi) is 8.36. The number of nitrogens with zero attached hydrogens (tertiary/aromatic N) is 4. The molecule has 34 heavy (non-hydrogen) atoms. The number of benzene rings is 2. The molecule has 5 rings (SSSR count). The van der Waals surface area contributed by atoms with Gasteiger partial charge in [-0.3, -0.25) is 14.7 Å². The third kappa shape index (κ3) is 5.27. The lowest BCUT2D eigenvalue weighted by Crippen LogP contribution is -2.47. The Balaban J connectivity index is 0.00000162. The van der Waals surface area contributed by atoms with E-state index in [2.05, 4.69) is 56.5 Å². The maximum Gasteiger partial charge on any atom is 0.329 e. The Morgan fingerprint density at radius 1 is 0.941 bits per heavy atom. The van der Waals surface area contributed by atoms with Crippen LogP contribution in [0.5, 0.6) is 0 Å².